The molecule has 0 unspecified atom stereocenters. The highest BCUT2D eigenvalue weighted by atomic mass is 16.5. The largest absolute Gasteiger partial charge is 0.338 e. The van der Waals surface area contributed by atoms with Gasteiger partial charge in [0.2, 0.25) is 11.7 Å². The number of rotatable bonds is 6. The number of carbonyl (C=O) groups is 1. The molecule has 0 aliphatic carbocycles. The second-order valence-electron chi connectivity index (χ2n) is 7.37. The van der Waals surface area contributed by atoms with Crippen LogP contribution in [0.25, 0.3) is 11.4 Å². The Labute approximate surface area is 159 Å². The van der Waals surface area contributed by atoms with Crippen molar-refractivity contribution in [3.8, 4) is 11.4 Å². The quantitative estimate of drug-likeness (QED) is 0.838. The average molecular weight is 372 g/mol. The Morgan fingerprint density at radius 1 is 1.41 bits per heavy atom. The summed E-state index contributed by atoms with van der Waals surface area (Å²) in [6.07, 6.45) is 5.62. The lowest BCUT2D eigenvalue weighted by molar-refractivity contribution is 0.146. The smallest absolute Gasteiger partial charge is 0.317 e. The van der Waals surface area contributed by atoms with Gasteiger partial charge in [-0.2, -0.15) is 4.98 Å². The molecule has 1 aliphatic rings. The van der Waals surface area contributed by atoms with E-state index in [0.717, 1.165) is 31.5 Å². The van der Waals surface area contributed by atoms with Crippen molar-refractivity contribution >= 4 is 6.03 Å². The van der Waals surface area contributed by atoms with E-state index in [1.165, 1.54) is 0 Å². The summed E-state index contributed by atoms with van der Waals surface area (Å²) in [4.78, 5) is 24.8. The minimum absolute atomic E-state index is 0.123. The van der Waals surface area contributed by atoms with Crippen molar-refractivity contribution in [1.29, 1.82) is 0 Å². The van der Waals surface area contributed by atoms with Crippen molar-refractivity contribution in [3.63, 3.8) is 0 Å². The minimum Gasteiger partial charge on any atom is -0.338 e. The summed E-state index contributed by atoms with van der Waals surface area (Å²) in [5, 5.41) is 6.97. The highest BCUT2D eigenvalue weighted by Gasteiger charge is 2.22. The first-order valence-electron chi connectivity index (χ1n) is 9.49. The first-order valence-corrected chi connectivity index (χ1v) is 9.49. The molecule has 27 heavy (non-hydrogen) atoms. The van der Waals surface area contributed by atoms with Crippen LogP contribution < -0.4 is 5.32 Å². The highest BCUT2D eigenvalue weighted by molar-refractivity contribution is 5.73. The van der Waals surface area contributed by atoms with E-state index in [4.69, 9.17) is 4.52 Å². The Morgan fingerprint density at radius 2 is 2.19 bits per heavy atom. The molecule has 2 amide bonds. The van der Waals surface area contributed by atoms with E-state index in [1.54, 1.807) is 24.3 Å². The molecule has 1 N–H and O–H groups in total. The second-order valence-corrected chi connectivity index (χ2v) is 7.37. The van der Waals surface area contributed by atoms with Gasteiger partial charge >= 0.3 is 6.03 Å². The maximum absolute atomic E-state index is 12.3. The number of hydrogen-bond acceptors (Lipinski definition) is 6. The fourth-order valence-corrected chi connectivity index (χ4v) is 3.25. The maximum atomic E-state index is 12.3. The molecule has 8 heteroatoms. The number of urea groups is 1. The van der Waals surface area contributed by atoms with E-state index in [-0.39, 0.29) is 12.6 Å². The number of nitrogens with one attached hydrogen (secondary N) is 1. The molecule has 0 spiro atoms. The molecule has 3 rings (SSSR count). The summed E-state index contributed by atoms with van der Waals surface area (Å²) in [5.41, 5.74) is 0.785. The van der Waals surface area contributed by atoms with Gasteiger partial charge < -0.3 is 19.6 Å². The Balaban J connectivity index is 1.44. The van der Waals surface area contributed by atoms with Crippen LogP contribution in [0.4, 0.5) is 4.79 Å². The molecular weight excluding hydrogens is 344 g/mol. The van der Waals surface area contributed by atoms with E-state index in [2.05, 4.69) is 39.2 Å². The standard InChI is InChI=1S/C19H28N6O2/c1-14(2)25-9-6-15(7-10-25)11-21-19(26)24(3)13-17-22-18(23-27-17)16-5-4-8-20-12-16/h4-5,8,12,14-15H,6-7,9-11,13H2,1-3H3,(H,21,26). The molecule has 0 radical (unpaired) electrons. The first-order chi connectivity index (χ1) is 13.0. The average Bonchev–Trinajstić information content (AvgIpc) is 3.15. The van der Waals surface area contributed by atoms with Crippen molar-refractivity contribution in [3.05, 3.63) is 30.4 Å². The number of hydrogen-bond donors (Lipinski definition) is 1. The van der Waals surface area contributed by atoms with Gasteiger partial charge in [0, 0.05) is 37.6 Å². The molecule has 0 bridgehead atoms. The van der Waals surface area contributed by atoms with Gasteiger partial charge in [0.15, 0.2) is 0 Å². The Kier molecular flexibility index (Phi) is 6.39. The number of likely N-dealkylation sites (tertiary alicyclic amines) is 1. The molecule has 2 aromatic rings. The van der Waals surface area contributed by atoms with Gasteiger partial charge in [-0.3, -0.25) is 4.98 Å². The van der Waals surface area contributed by atoms with Crippen LogP contribution in [0, 0.1) is 5.92 Å². The van der Waals surface area contributed by atoms with Crippen LogP contribution in [0.5, 0.6) is 0 Å². The molecule has 0 saturated carbocycles. The van der Waals surface area contributed by atoms with Gasteiger partial charge in [0.1, 0.15) is 6.54 Å². The zero-order chi connectivity index (χ0) is 19.2. The van der Waals surface area contributed by atoms with Crippen LogP contribution in [0.2, 0.25) is 0 Å². The van der Waals surface area contributed by atoms with Crippen LogP contribution in [0.3, 0.4) is 0 Å². The summed E-state index contributed by atoms with van der Waals surface area (Å²) < 4.78 is 5.25. The Morgan fingerprint density at radius 3 is 2.85 bits per heavy atom. The van der Waals surface area contributed by atoms with Crippen LogP contribution in [-0.4, -0.2) is 63.7 Å². The zero-order valence-electron chi connectivity index (χ0n) is 16.3. The van der Waals surface area contributed by atoms with E-state index in [0.29, 0.717) is 30.2 Å². The fourth-order valence-electron chi connectivity index (χ4n) is 3.25. The normalized spacial score (nSPS) is 15.9. The second kappa shape index (κ2) is 8.94. The van der Waals surface area contributed by atoms with E-state index < -0.39 is 0 Å². The molecule has 3 heterocycles. The predicted octanol–water partition coefficient (Wildman–Crippen LogP) is 2.39. The topological polar surface area (TPSA) is 87.4 Å². The first kappa shape index (κ1) is 19.3. The van der Waals surface area contributed by atoms with Crippen molar-refractivity contribution in [1.82, 2.24) is 30.2 Å². The molecule has 8 nitrogen and oxygen atoms in total. The fraction of sp³-hybridized carbons (Fsp3) is 0.579. The van der Waals surface area contributed by atoms with E-state index in [9.17, 15) is 4.79 Å². The van der Waals surface area contributed by atoms with Crippen molar-refractivity contribution in [2.75, 3.05) is 26.7 Å². The summed E-state index contributed by atoms with van der Waals surface area (Å²) in [6, 6.07) is 4.15. The number of aromatic nitrogens is 3. The molecule has 2 aromatic heterocycles. The van der Waals surface area contributed by atoms with E-state index >= 15 is 0 Å². The minimum atomic E-state index is -0.123. The van der Waals surface area contributed by atoms with E-state index in [1.807, 2.05) is 12.1 Å². The number of carbonyl (C=O) groups excluding carboxylic acids is 1. The number of pyridine rings is 1. The molecule has 1 fully saturated rings. The SMILES string of the molecule is CC(C)N1CCC(CNC(=O)N(C)Cc2nc(-c3cccnc3)no2)CC1. The van der Waals surface area contributed by atoms with Crippen molar-refractivity contribution in [2.24, 2.45) is 5.92 Å². The predicted molar refractivity (Wildman–Crippen MR) is 102 cm³/mol. The number of piperidine rings is 1. The number of amides is 2. The molecular formula is C19H28N6O2. The lowest BCUT2D eigenvalue weighted by atomic mass is 9.96. The molecule has 1 aliphatic heterocycles. The summed E-state index contributed by atoms with van der Waals surface area (Å²) in [6.45, 7) is 7.65. The highest BCUT2D eigenvalue weighted by Crippen LogP contribution is 2.18. The van der Waals surface area contributed by atoms with Crippen LogP contribution in [0.1, 0.15) is 32.6 Å². The summed E-state index contributed by atoms with van der Waals surface area (Å²) >= 11 is 0. The van der Waals surface area contributed by atoms with Crippen LogP contribution in [0.15, 0.2) is 29.0 Å². The monoisotopic (exact) mass is 372 g/mol. The Hall–Kier alpha value is -2.48. The van der Waals surface area contributed by atoms with Crippen LogP contribution in [-0.2, 0) is 6.54 Å². The van der Waals surface area contributed by atoms with Crippen molar-refractivity contribution in [2.45, 2.75) is 39.3 Å². The summed E-state index contributed by atoms with van der Waals surface area (Å²) in [5.74, 6) is 1.42. The maximum Gasteiger partial charge on any atom is 0.317 e. The summed E-state index contributed by atoms with van der Waals surface area (Å²) in [7, 11) is 1.73. The lowest BCUT2D eigenvalue weighted by Crippen LogP contribution is -2.43. The van der Waals surface area contributed by atoms with Crippen molar-refractivity contribution < 1.29 is 9.32 Å². The van der Waals surface area contributed by atoms with Gasteiger partial charge in [0.05, 0.1) is 0 Å². The molecule has 1 saturated heterocycles. The molecule has 0 aromatic carbocycles. The van der Waals surface area contributed by atoms with Gasteiger partial charge in [-0.05, 0) is 57.8 Å². The lowest BCUT2D eigenvalue weighted by Gasteiger charge is -2.34. The van der Waals surface area contributed by atoms with Crippen LogP contribution >= 0.6 is 0 Å². The van der Waals surface area contributed by atoms with Gasteiger partial charge in [-0.15, -0.1) is 0 Å². The third kappa shape index (κ3) is 5.26. The third-order valence-electron chi connectivity index (χ3n) is 5.03. The van der Waals surface area contributed by atoms with Gasteiger partial charge in [-0.25, -0.2) is 4.79 Å². The molecule has 0 atom stereocenters. The third-order valence-corrected chi connectivity index (χ3v) is 5.03. The van der Waals surface area contributed by atoms with Gasteiger partial charge in [0.25, 0.3) is 0 Å². The Bertz CT molecular complexity index is 725. The van der Waals surface area contributed by atoms with Gasteiger partial charge in [-0.1, -0.05) is 5.16 Å². The molecule has 146 valence electrons. The zero-order valence-corrected chi connectivity index (χ0v) is 16.3. The number of nitrogens with zero attached hydrogens (tertiary/aromatic N) is 5.